The highest BCUT2D eigenvalue weighted by molar-refractivity contribution is 6.31. The van der Waals surface area contributed by atoms with E-state index < -0.39 is 0 Å². The molecule has 0 unspecified atom stereocenters. The molecule has 3 rings (SSSR count). The average Bonchev–Trinajstić information content (AvgIpc) is 2.65. The summed E-state index contributed by atoms with van der Waals surface area (Å²) in [6.07, 6.45) is 1.56. The van der Waals surface area contributed by atoms with Crippen LogP contribution in [0, 0.1) is 0 Å². The molecule has 0 N–H and O–H groups in total. The molecule has 2 heterocycles. The van der Waals surface area contributed by atoms with Gasteiger partial charge in [0.2, 0.25) is 0 Å². The molecule has 0 aliphatic rings. The van der Waals surface area contributed by atoms with Gasteiger partial charge in [-0.25, -0.2) is 4.98 Å². The summed E-state index contributed by atoms with van der Waals surface area (Å²) in [4.78, 5) is 4.18. The second kappa shape index (κ2) is 2.62. The normalized spacial score (nSPS) is 11.2. The first-order valence-corrected chi connectivity index (χ1v) is 4.34. The van der Waals surface area contributed by atoms with Crippen molar-refractivity contribution in [1.29, 1.82) is 0 Å². The van der Waals surface area contributed by atoms with Crippen LogP contribution in [-0.4, -0.2) is 25.0 Å². The predicted molar refractivity (Wildman–Crippen MR) is 51.1 cm³/mol. The van der Waals surface area contributed by atoms with Crippen LogP contribution < -0.4 is 0 Å². The number of hydrogen-bond acceptors (Lipinski definition) is 4. The van der Waals surface area contributed by atoms with Gasteiger partial charge < -0.3 is 0 Å². The number of aromatic nitrogens is 5. The van der Waals surface area contributed by atoms with E-state index in [0.29, 0.717) is 10.7 Å². The molecule has 3 aromatic rings. The smallest absolute Gasteiger partial charge is 0.190 e. The Kier molecular flexibility index (Phi) is 1.43. The van der Waals surface area contributed by atoms with Gasteiger partial charge in [0.25, 0.3) is 0 Å². The number of fused-ring (bicyclic) bond motifs is 3. The molecule has 0 aliphatic heterocycles. The highest BCUT2D eigenvalue weighted by Gasteiger charge is 2.04. The summed E-state index contributed by atoms with van der Waals surface area (Å²) in [5, 5.41) is 12.8. The van der Waals surface area contributed by atoms with Crippen molar-refractivity contribution in [2.24, 2.45) is 0 Å². The molecule has 14 heavy (non-hydrogen) atoms. The van der Waals surface area contributed by atoms with E-state index in [-0.39, 0.29) is 0 Å². The SMILES string of the molecule is Clc1ccc2c(c1)ncn1nnnc21. The largest absolute Gasteiger partial charge is 0.236 e. The van der Waals surface area contributed by atoms with Crippen molar-refractivity contribution in [3.63, 3.8) is 0 Å². The predicted octanol–water partition coefficient (Wildman–Crippen LogP) is 1.33. The van der Waals surface area contributed by atoms with Gasteiger partial charge in [-0.3, -0.25) is 0 Å². The van der Waals surface area contributed by atoms with Crippen LogP contribution >= 0.6 is 11.6 Å². The molecule has 0 aliphatic carbocycles. The number of nitrogens with zero attached hydrogens (tertiary/aromatic N) is 5. The zero-order valence-corrected chi connectivity index (χ0v) is 7.68. The monoisotopic (exact) mass is 205 g/mol. The van der Waals surface area contributed by atoms with Crippen molar-refractivity contribution in [3.8, 4) is 0 Å². The van der Waals surface area contributed by atoms with Crippen molar-refractivity contribution < 1.29 is 0 Å². The second-order valence-electron chi connectivity index (χ2n) is 2.85. The number of rotatable bonds is 0. The number of tetrazole rings is 1. The summed E-state index contributed by atoms with van der Waals surface area (Å²) < 4.78 is 1.52. The van der Waals surface area contributed by atoms with Gasteiger partial charge in [-0.2, -0.15) is 4.52 Å². The van der Waals surface area contributed by atoms with E-state index in [2.05, 4.69) is 20.5 Å². The minimum absolute atomic E-state index is 0.654. The van der Waals surface area contributed by atoms with Crippen LogP contribution in [0.5, 0.6) is 0 Å². The van der Waals surface area contributed by atoms with E-state index in [1.807, 2.05) is 6.07 Å². The highest BCUT2D eigenvalue weighted by Crippen LogP contribution is 2.19. The molecule has 0 saturated heterocycles. The minimum Gasteiger partial charge on any atom is -0.236 e. The number of benzene rings is 1. The second-order valence-corrected chi connectivity index (χ2v) is 3.29. The molecular formula is C8H4ClN5. The first-order chi connectivity index (χ1) is 6.84. The maximum Gasteiger partial charge on any atom is 0.190 e. The quantitative estimate of drug-likeness (QED) is 0.556. The maximum absolute atomic E-state index is 5.85. The molecule has 2 aromatic heterocycles. The van der Waals surface area contributed by atoms with Crippen LogP contribution in [0.3, 0.4) is 0 Å². The lowest BCUT2D eigenvalue weighted by Gasteiger charge is -1.97. The topological polar surface area (TPSA) is 56.0 Å². The van der Waals surface area contributed by atoms with Crippen LogP contribution in [0.4, 0.5) is 0 Å². The zero-order valence-electron chi connectivity index (χ0n) is 6.92. The fraction of sp³-hybridized carbons (Fsp3) is 0. The third kappa shape index (κ3) is 0.958. The molecule has 68 valence electrons. The lowest BCUT2D eigenvalue weighted by molar-refractivity contribution is 0.812. The van der Waals surface area contributed by atoms with E-state index >= 15 is 0 Å². The fourth-order valence-electron chi connectivity index (χ4n) is 1.37. The Morgan fingerprint density at radius 3 is 3.14 bits per heavy atom. The molecule has 5 nitrogen and oxygen atoms in total. The maximum atomic E-state index is 5.85. The molecule has 0 spiro atoms. The molecule has 0 atom stereocenters. The molecule has 0 radical (unpaired) electrons. The molecule has 1 aromatic carbocycles. The Morgan fingerprint density at radius 1 is 1.29 bits per heavy atom. The van der Waals surface area contributed by atoms with Gasteiger partial charge >= 0.3 is 0 Å². The fourth-order valence-corrected chi connectivity index (χ4v) is 1.53. The number of halogens is 1. The van der Waals surface area contributed by atoms with Crippen molar-refractivity contribution in [3.05, 3.63) is 29.5 Å². The van der Waals surface area contributed by atoms with Gasteiger partial charge in [0.1, 0.15) is 6.33 Å². The van der Waals surface area contributed by atoms with Crippen LogP contribution in [0.2, 0.25) is 5.02 Å². The molecular weight excluding hydrogens is 202 g/mol. The Labute approximate surface area is 83.3 Å². The Bertz CT molecular complexity index is 617. The van der Waals surface area contributed by atoms with Gasteiger partial charge in [-0.1, -0.05) is 11.6 Å². The van der Waals surface area contributed by atoms with E-state index in [4.69, 9.17) is 11.6 Å². The summed E-state index contributed by atoms with van der Waals surface area (Å²) in [6, 6.07) is 5.43. The lowest BCUT2D eigenvalue weighted by Crippen LogP contribution is -1.90. The van der Waals surface area contributed by atoms with Gasteiger partial charge in [0.15, 0.2) is 5.65 Å². The van der Waals surface area contributed by atoms with Crippen LogP contribution in [0.15, 0.2) is 24.5 Å². The third-order valence-corrected chi connectivity index (χ3v) is 2.23. The standard InChI is InChI=1S/C8H4ClN5/c9-5-1-2-6-7(3-5)10-4-14-8(6)11-12-13-14/h1-4H. The summed E-state index contributed by atoms with van der Waals surface area (Å²) in [6.45, 7) is 0. The molecule has 0 amide bonds. The third-order valence-electron chi connectivity index (χ3n) is 2.00. The lowest BCUT2D eigenvalue weighted by atomic mass is 10.2. The minimum atomic E-state index is 0.654. The van der Waals surface area contributed by atoms with Crippen molar-refractivity contribution in [1.82, 2.24) is 25.0 Å². The van der Waals surface area contributed by atoms with Crippen molar-refractivity contribution >= 4 is 28.2 Å². The number of hydrogen-bond donors (Lipinski definition) is 0. The van der Waals surface area contributed by atoms with Gasteiger partial charge in [0.05, 0.1) is 5.52 Å². The van der Waals surface area contributed by atoms with Gasteiger partial charge in [0, 0.05) is 10.4 Å². The highest BCUT2D eigenvalue weighted by atomic mass is 35.5. The molecule has 0 saturated carbocycles. The van der Waals surface area contributed by atoms with Crippen molar-refractivity contribution in [2.45, 2.75) is 0 Å². The zero-order chi connectivity index (χ0) is 9.54. The Balaban J connectivity index is 2.57. The summed E-state index contributed by atoms with van der Waals surface area (Å²) in [5.41, 5.74) is 1.48. The van der Waals surface area contributed by atoms with E-state index in [9.17, 15) is 0 Å². The van der Waals surface area contributed by atoms with E-state index in [0.717, 1.165) is 10.9 Å². The van der Waals surface area contributed by atoms with Gasteiger partial charge in [-0.05, 0) is 28.6 Å². The van der Waals surface area contributed by atoms with Crippen LogP contribution in [0.25, 0.3) is 16.6 Å². The van der Waals surface area contributed by atoms with Crippen LogP contribution in [-0.2, 0) is 0 Å². The molecule has 6 heteroatoms. The van der Waals surface area contributed by atoms with Crippen molar-refractivity contribution in [2.75, 3.05) is 0 Å². The van der Waals surface area contributed by atoms with E-state index in [1.54, 1.807) is 18.5 Å². The summed E-state index contributed by atoms with van der Waals surface area (Å²) in [5.74, 6) is 0. The average molecular weight is 206 g/mol. The van der Waals surface area contributed by atoms with E-state index in [1.165, 1.54) is 4.52 Å². The van der Waals surface area contributed by atoms with Crippen LogP contribution in [0.1, 0.15) is 0 Å². The summed E-state index contributed by atoms with van der Waals surface area (Å²) >= 11 is 5.85. The Hall–Kier alpha value is -1.75. The summed E-state index contributed by atoms with van der Waals surface area (Å²) in [7, 11) is 0. The van der Waals surface area contributed by atoms with Gasteiger partial charge in [-0.15, -0.1) is 5.10 Å². The Morgan fingerprint density at radius 2 is 2.21 bits per heavy atom. The first kappa shape index (κ1) is 7.64. The molecule has 0 fully saturated rings. The first-order valence-electron chi connectivity index (χ1n) is 3.96. The molecule has 0 bridgehead atoms.